The number of carbonyl (C=O) groups excluding carboxylic acids is 1. The Bertz CT molecular complexity index is 1420. The molecule has 2 aromatic carbocycles. The van der Waals surface area contributed by atoms with Crippen LogP contribution in [0, 0.1) is 11.3 Å². The van der Waals surface area contributed by atoms with Gasteiger partial charge in [0.05, 0.1) is 28.9 Å². The van der Waals surface area contributed by atoms with Crippen LogP contribution in [0.3, 0.4) is 0 Å². The molecule has 34 heavy (non-hydrogen) atoms. The van der Waals surface area contributed by atoms with Gasteiger partial charge >= 0.3 is 6.09 Å². The Hall–Kier alpha value is -4.05. The van der Waals surface area contributed by atoms with E-state index >= 15 is 0 Å². The molecule has 1 atom stereocenters. The van der Waals surface area contributed by atoms with Gasteiger partial charge in [0.15, 0.2) is 0 Å². The van der Waals surface area contributed by atoms with Gasteiger partial charge in [0, 0.05) is 17.3 Å². The molecular weight excluding hydrogens is 426 g/mol. The second-order valence-electron chi connectivity index (χ2n) is 9.69. The van der Waals surface area contributed by atoms with Gasteiger partial charge < -0.3 is 10.1 Å². The Morgan fingerprint density at radius 3 is 2.88 bits per heavy atom. The van der Waals surface area contributed by atoms with E-state index in [1.54, 1.807) is 6.20 Å². The van der Waals surface area contributed by atoms with Gasteiger partial charge in [-0.3, -0.25) is 9.67 Å². The number of nitrogens with one attached hydrogen (secondary N) is 2. The fourth-order valence-corrected chi connectivity index (χ4v) is 4.58. The van der Waals surface area contributed by atoms with E-state index in [1.165, 1.54) is 15.7 Å². The topological polar surface area (TPSA) is 95.7 Å². The van der Waals surface area contributed by atoms with Crippen molar-refractivity contribution in [2.75, 3.05) is 5.32 Å². The summed E-state index contributed by atoms with van der Waals surface area (Å²) in [5, 5.41) is 21.4. The standard InChI is InChI=1S/C27H27N5O2/c1-27(2,3)34-26(33)32-13-5-8-24(32)25-21-15-19(10-12-23(21)30-31-25)29-22-7-4-6-18-14-17(16-28)9-11-20(18)22/h5,8-15,22,29H,4,6-7H2,1-3H3,(H,30,31). The zero-order valence-electron chi connectivity index (χ0n) is 19.6. The Morgan fingerprint density at radius 2 is 2.09 bits per heavy atom. The van der Waals surface area contributed by atoms with Crippen LogP contribution in [0.15, 0.2) is 54.7 Å². The summed E-state index contributed by atoms with van der Waals surface area (Å²) in [4.78, 5) is 12.7. The largest absolute Gasteiger partial charge is 0.443 e. The quantitative estimate of drug-likeness (QED) is 0.386. The third-order valence-corrected chi connectivity index (χ3v) is 6.07. The molecule has 1 aliphatic rings. The third-order valence-electron chi connectivity index (χ3n) is 6.07. The second kappa shape index (κ2) is 8.38. The minimum absolute atomic E-state index is 0.176. The second-order valence-corrected chi connectivity index (χ2v) is 9.69. The van der Waals surface area contributed by atoms with Crippen molar-refractivity contribution in [3.05, 3.63) is 71.4 Å². The highest BCUT2D eigenvalue weighted by Crippen LogP contribution is 2.35. The maximum atomic E-state index is 12.7. The predicted octanol–water partition coefficient (Wildman–Crippen LogP) is 6.18. The van der Waals surface area contributed by atoms with Gasteiger partial charge in [0.25, 0.3) is 0 Å². The Morgan fingerprint density at radius 1 is 1.24 bits per heavy atom. The molecule has 0 amide bonds. The number of hydrogen-bond donors (Lipinski definition) is 2. The van der Waals surface area contributed by atoms with Crippen molar-refractivity contribution in [2.24, 2.45) is 0 Å². The zero-order chi connectivity index (χ0) is 23.9. The molecule has 1 unspecified atom stereocenters. The molecule has 4 aromatic rings. The maximum Gasteiger partial charge on any atom is 0.419 e. The lowest BCUT2D eigenvalue weighted by Crippen LogP contribution is -2.27. The molecule has 172 valence electrons. The zero-order valence-corrected chi connectivity index (χ0v) is 19.6. The molecule has 0 bridgehead atoms. The number of ether oxygens (including phenoxy) is 1. The minimum atomic E-state index is -0.590. The molecule has 2 heterocycles. The molecule has 2 N–H and O–H groups in total. The van der Waals surface area contributed by atoms with Gasteiger partial charge in [-0.2, -0.15) is 10.4 Å². The molecule has 2 aromatic heterocycles. The fourth-order valence-electron chi connectivity index (χ4n) is 4.58. The molecule has 7 nitrogen and oxygen atoms in total. The normalized spacial score (nSPS) is 15.5. The first-order chi connectivity index (χ1) is 16.3. The van der Waals surface area contributed by atoms with Gasteiger partial charge in [-0.25, -0.2) is 4.79 Å². The van der Waals surface area contributed by atoms with E-state index in [0.717, 1.165) is 35.9 Å². The molecule has 0 fully saturated rings. The molecule has 5 rings (SSSR count). The van der Waals surface area contributed by atoms with E-state index in [1.807, 2.05) is 57.2 Å². The first kappa shape index (κ1) is 21.8. The SMILES string of the molecule is CC(C)(C)OC(=O)n1cccc1-c1n[nH]c2ccc(NC3CCCc4cc(C#N)ccc43)cc12. The molecule has 1 aliphatic carbocycles. The van der Waals surface area contributed by atoms with E-state index in [-0.39, 0.29) is 6.04 Å². The van der Waals surface area contributed by atoms with Crippen LogP contribution in [0.2, 0.25) is 0 Å². The molecule has 0 saturated carbocycles. The van der Waals surface area contributed by atoms with Gasteiger partial charge in [-0.1, -0.05) is 6.07 Å². The molecule has 0 spiro atoms. The number of aromatic nitrogens is 3. The first-order valence-corrected chi connectivity index (χ1v) is 11.5. The van der Waals surface area contributed by atoms with E-state index in [4.69, 9.17) is 4.74 Å². The summed E-state index contributed by atoms with van der Waals surface area (Å²) in [6, 6.07) is 18.2. The van der Waals surface area contributed by atoms with Crippen molar-refractivity contribution in [2.45, 2.75) is 51.7 Å². The summed E-state index contributed by atoms with van der Waals surface area (Å²) >= 11 is 0. The Kier molecular flexibility index (Phi) is 5.37. The lowest BCUT2D eigenvalue weighted by atomic mass is 9.86. The number of rotatable bonds is 3. The monoisotopic (exact) mass is 453 g/mol. The highest BCUT2D eigenvalue weighted by molar-refractivity contribution is 5.95. The highest BCUT2D eigenvalue weighted by Gasteiger charge is 2.23. The van der Waals surface area contributed by atoms with Crippen LogP contribution in [-0.2, 0) is 11.2 Å². The Labute approximate surface area is 198 Å². The number of fused-ring (bicyclic) bond motifs is 2. The van der Waals surface area contributed by atoms with Gasteiger partial charge in [0.1, 0.15) is 11.3 Å². The smallest absolute Gasteiger partial charge is 0.419 e. The van der Waals surface area contributed by atoms with Crippen molar-refractivity contribution in [3.63, 3.8) is 0 Å². The first-order valence-electron chi connectivity index (χ1n) is 11.5. The molecular formula is C27H27N5O2. The summed E-state index contributed by atoms with van der Waals surface area (Å²) < 4.78 is 7.05. The Balaban J connectivity index is 1.47. The van der Waals surface area contributed by atoms with Crippen LogP contribution < -0.4 is 5.32 Å². The lowest BCUT2D eigenvalue weighted by Gasteiger charge is -2.27. The number of hydrogen-bond acceptors (Lipinski definition) is 5. The number of carbonyl (C=O) groups is 1. The molecule has 0 saturated heterocycles. The minimum Gasteiger partial charge on any atom is -0.443 e. The van der Waals surface area contributed by atoms with Crippen LogP contribution in [0.1, 0.15) is 56.3 Å². The average molecular weight is 454 g/mol. The summed E-state index contributed by atoms with van der Waals surface area (Å²) in [5.41, 5.74) is 5.83. The summed E-state index contributed by atoms with van der Waals surface area (Å²) in [6.45, 7) is 5.54. The molecule has 0 aliphatic heterocycles. The van der Waals surface area contributed by atoms with Crippen LogP contribution in [0.25, 0.3) is 22.3 Å². The van der Waals surface area contributed by atoms with Crippen molar-refractivity contribution < 1.29 is 9.53 Å². The number of anilines is 1. The van der Waals surface area contributed by atoms with E-state index in [2.05, 4.69) is 33.7 Å². The van der Waals surface area contributed by atoms with Crippen molar-refractivity contribution >= 4 is 22.7 Å². The summed E-state index contributed by atoms with van der Waals surface area (Å²) in [6.07, 6.45) is 4.35. The van der Waals surface area contributed by atoms with Crippen LogP contribution >= 0.6 is 0 Å². The average Bonchev–Trinajstić information content (AvgIpc) is 3.44. The van der Waals surface area contributed by atoms with Gasteiger partial charge in [-0.05, 0) is 93.6 Å². The number of benzene rings is 2. The van der Waals surface area contributed by atoms with Crippen molar-refractivity contribution in [1.82, 2.24) is 14.8 Å². The van der Waals surface area contributed by atoms with Crippen LogP contribution in [0.4, 0.5) is 10.5 Å². The molecule has 7 heteroatoms. The maximum absolute atomic E-state index is 12.7. The van der Waals surface area contributed by atoms with Crippen molar-refractivity contribution in [3.8, 4) is 17.5 Å². The lowest BCUT2D eigenvalue weighted by molar-refractivity contribution is 0.0540. The summed E-state index contributed by atoms with van der Waals surface area (Å²) in [7, 11) is 0. The highest BCUT2D eigenvalue weighted by atomic mass is 16.6. The van der Waals surface area contributed by atoms with Gasteiger partial charge in [0.2, 0.25) is 0 Å². The van der Waals surface area contributed by atoms with E-state index in [9.17, 15) is 10.1 Å². The number of nitrogens with zero attached hydrogens (tertiary/aromatic N) is 3. The van der Waals surface area contributed by atoms with Crippen molar-refractivity contribution in [1.29, 1.82) is 5.26 Å². The number of nitriles is 1. The fraction of sp³-hybridized carbons (Fsp3) is 0.296. The van der Waals surface area contributed by atoms with Gasteiger partial charge in [-0.15, -0.1) is 0 Å². The molecule has 0 radical (unpaired) electrons. The third kappa shape index (κ3) is 4.15. The predicted molar refractivity (Wildman–Crippen MR) is 132 cm³/mol. The van der Waals surface area contributed by atoms with E-state index < -0.39 is 11.7 Å². The van der Waals surface area contributed by atoms with E-state index in [0.29, 0.717) is 17.0 Å². The van der Waals surface area contributed by atoms with Crippen LogP contribution in [0.5, 0.6) is 0 Å². The number of aryl methyl sites for hydroxylation is 1. The number of aromatic amines is 1. The van der Waals surface area contributed by atoms with Crippen LogP contribution in [-0.4, -0.2) is 26.5 Å². The summed E-state index contributed by atoms with van der Waals surface area (Å²) in [5.74, 6) is 0. The number of H-pyrrole nitrogens is 1.